The van der Waals surface area contributed by atoms with Gasteiger partial charge < -0.3 is 3.87 Å². The van der Waals surface area contributed by atoms with E-state index >= 15 is 0 Å². The molecule has 1 aliphatic rings. The quantitative estimate of drug-likeness (QED) is 0.266. The molecule has 0 radical (unpaired) electrons. The minimum absolute atomic E-state index is 0.170. The monoisotopic (exact) mass is 216 g/mol. The molecule has 0 amide bonds. The first kappa shape index (κ1) is 10.3. The Balaban J connectivity index is 0.000000187. The van der Waals surface area contributed by atoms with Crippen molar-refractivity contribution in [1.82, 2.24) is 0 Å². The molecule has 1 nitrogen and oxygen atoms in total. The van der Waals surface area contributed by atoms with Crippen LogP contribution in [0.15, 0.2) is 12.7 Å². The lowest BCUT2D eigenvalue weighted by atomic mass is 10.8. The predicted octanol–water partition coefficient (Wildman–Crippen LogP) is 2.80. The first-order chi connectivity index (χ1) is 4.41. The normalized spacial score (nSPS) is 20.1. The number of hydrogen-bond donors (Lipinski definition) is 0. The molecule has 0 saturated carbocycles. The van der Waals surface area contributed by atoms with E-state index in [9.17, 15) is 0 Å². The van der Waals surface area contributed by atoms with Crippen molar-refractivity contribution in [3.63, 3.8) is 0 Å². The summed E-state index contributed by atoms with van der Waals surface area (Å²) in [6, 6.07) is 0. The van der Waals surface area contributed by atoms with Crippen LogP contribution in [0.25, 0.3) is 0 Å². The number of allylic oxidation sites excluding steroid dienone is 1. The largest absolute Gasteiger partial charge is 0.342 e. The van der Waals surface area contributed by atoms with Gasteiger partial charge in [0.2, 0.25) is 0 Å². The Morgan fingerprint density at radius 1 is 1.56 bits per heavy atom. The van der Waals surface area contributed by atoms with E-state index in [2.05, 4.69) is 6.58 Å². The predicted molar refractivity (Wildman–Crippen MR) is 55.9 cm³/mol. The smallest absolute Gasteiger partial charge is 0.253 e. The SMILES string of the molecule is C=CC.O1[SiH2]SSSS1. The summed E-state index contributed by atoms with van der Waals surface area (Å²) in [5, 5.41) is 0. The molecule has 54 valence electrons. The zero-order chi connectivity index (χ0) is 6.95. The van der Waals surface area contributed by atoms with E-state index < -0.39 is 0 Å². The summed E-state index contributed by atoms with van der Waals surface area (Å²) >= 11 is 1.52. The van der Waals surface area contributed by atoms with Gasteiger partial charge in [-0.3, -0.25) is 0 Å². The lowest BCUT2D eigenvalue weighted by molar-refractivity contribution is 0.731. The molecule has 0 aromatic carbocycles. The van der Waals surface area contributed by atoms with Gasteiger partial charge in [0.25, 0.3) is 8.91 Å². The van der Waals surface area contributed by atoms with Gasteiger partial charge in [0.05, 0.1) is 11.1 Å². The second-order valence-corrected chi connectivity index (χ2v) is 10.00. The van der Waals surface area contributed by atoms with Crippen LogP contribution < -0.4 is 0 Å². The summed E-state index contributed by atoms with van der Waals surface area (Å²) in [4.78, 5) is 0. The molecular formula is C3H8OS4Si. The fraction of sp³-hybridized carbons (Fsp3) is 0.333. The first-order valence-corrected chi connectivity index (χ1v) is 9.45. The minimum Gasteiger partial charge on any atom is -0.342 e. The number of hydrogen-bond acceptors (Lipinski definition) is 5. The Kier molecular flexibility index (Phi) is 10.7. The van der Waals surface area contributed by atoms with Crippen molar-refractivity contribution in [2.75, 3.05) is 0 Å². The Morgan fingerprint density at radius 3 is 2.33 bits per heavy atom. The molecule has 1 saturated heterocycles. The average Bonchev–Trinajstić information content (AvgIpc) is 1.93. The second kappa shape index (κ2) is 9.32. The maximum Gasteiger partial charge on any atom is 0.253 e. The topological polar surface area (TPSA) is 9.23 Å². The van der Waals surface area contributed by atoms with Gasteiger partial charge in [-0.05, 0) is 16.7 Å². The molecule has 1 rings (SSSR count). The van der Waals surface area contributed by atoms with Crippen molar-refractivity contribution in [2.24, 2.45) is 0 Å². The van der Waals surface area contributed by atoms with Gasteiger partial charge in [0, 0.05) is 9.83 Å². The summed E-state index contributed by atoms with van der Waals surface area (Å²) in [7, 11) is 5.23. The highest BCUT2D eigenvalue weighted by Crippen LogP contribution is 2.47. The van der Waals surface area contributed by atoms with E-state index in [1.807, 2.05) is 27.0 Å². The van der Waals surface area contributed by atoms with Crippen molar-refractivity contribution in [1.29, 1.82) is 0 Å². The first-order valence-electron chi connectivity index (χ1n) is 2.23. The molecule has 0 bridgehead atoms. The van der Waals surface area contributed by atoms with Crippen LogP contribution >= 0.6 is 41.0 Å². The summed E-state index contributed by atoms with van der Waals surface area (Å²) in [5.74, 6) is 0. The van der Waals surface area contributed by atoms with Crippen LogP contribution in [0.1, 0.15) is 6.92 Å². The van der Waals surface area contributed by atoms with Crippen LogP contribution in [-0.4, -0.2) is 8.91 Å². The highest BCUT2D eigenvalue weighted by molar-refractivity contribution is 9.29. The lowest BCUT2D eigenvalue weighted by Crippen LogP contribution is -1.80. The fourth-order valence-electron chi connectivity index (χ4n) is 0.110. The summed E-state index contributed by atoms with van der Waals surface area (Å²) in [5.41, 5.74) is 0. The zero-order valence-electron chi connectivity index (χ0n) is 5.03. The molecule has 0 atom stereocenters. The van der Waals surface area contributed by atoms with Crippen LogP contribution in [0.2, 0.25) is 0 Å². The summed E-state index contributed by atoms with van der Waals surface area (Å²) in [6.07, 6.45) is 1.75. The van der Waals surface area contributed by atoms with Gasteiger partial charge >= 0.3 is 0 Å². The maximum atomic E-state index is 5.03. The molecular weight excluding hydrogens is 208 g/mol. The van der Waals surface area contributed by atoms with Crippen LogP contribution in [0.5, 0.6) is 0 Å². The fourth-order valence-corrected chi connectivity index (χ4v) is 12.1. The van der Waals surface area contributed by atoms with Crippen LogP contribution in [0.4, 0.5) is 0 Å². The van der Waals surface area contributed by atoms with Crippen molar-refractivity contribution in [3.8, 4) is 0 Å². The van der Waals surface area contributed by atoms with E-state index in [1.165, 1.54) is 11.1 Å². The molecule has 1 heterocycles. The van der Waals surface area contributed by atoms with E-state index in [4.69, 9.17) is 3.87 Å². The molecule has 0 aromatic heterocycles. The van der Waals surface area contributed by atoms with Gasteiger partial charge in [-0.2, -0.15) is 0 Å². The minimum atomic E-state index is -0.170. The molecule has 6 heteroatoms. The van der Waals surface area contributed by atoms with E-state index in [0.717, 1.165) is 0 Å². The summed E-state index contributed by atoms with van der Waals surface area (Å²) < 4.78 is 5.03. The Bertz CT molecular complexity index is 55.3. The Labute approximate surface area is 73.1 Å². The van der Waals surface area contributed by atoms with Gasteiger partial charge in [-0.25, -0.2) is 0 Å². The zero-order valence-corrected chi connectivity index (χ0v) is 9.71. The third kappa shape index (κ3) is 9.32. The second-order valence-electron chi connectivity index (χ2n) is 0.966. The standard InChI is InChI=1S/C3H6.H2OS4Si/c1-3-2;1-2-3-4-5-6-1/h3H,1H2,2H3;6H2. The van der Waals surface area contributed by atoms with Crippen molar-refractivity contribution in [2.45, 2.75) is 6.92 Å². The third-order valence-corrected chi connectivity index (χ3v) is 10.8. The molecule has 0 spiro atoms. The molecule has 0 aliphatic carbocycles. The van der Waals surface area contributed by atoms with E-state index in [-0.39, 0.29) is 8.91 Å². The number of rotatable bonds is 0. The van der Waals surface area contributed by atoms with E-state index in [0.29, 0.717) is 0 Å². The molecule has 0 N–H and O–H groups in total. The van der Waals surface area contributed by atoms with E-state index in [1.54, 1.807) is 15.9 Å². The van der Waals surface area contributed by atoms with Crippen LogP contribution in [-0.2, 0) is 3.87 Å². The molecule has 0 unspecified atom stereocenters. The van der Waals surface area contributed by atoms with Gasteiger partial charge in [-0.1, -0.05) is 16.3 Å². The Hall–Kier alpha value is 1.32. The summed E-state index contributed by atoms with van der Waals surface area (Å²) in [6.45, 7) is 5.25. The molecule has 1 fully saturated rings. The van der Waals surface area contributed by atoms with Gasteiger partial charge in [-0.15, -0.1) is 6.58 Å². The highest BCUT2D eigenvalue weighted by atomic mass is 33.7. The lowest BCUT2D eigenvalue weighted by Gasteiger charge is -2.03. The average molecular weight is 216 g/mol. The maximum absolute atomic E-state index is 5.03. The van der Waals surface area contributed by atoms with Crippen molar-refractivity contribution in [3.05, 3.63) is 12.7 Å². The molecule has 9 heavy (non-hydrogen) atoms. The van der Waals surface area contributed by atoms with Crippen LogP contribution in [0.3, 0.4) is 0 Å². The van der Waals surface area contributed by atoms with Crippen LogP contribution in [0, 0.1) is 0 Å². The molecule has 0 aromatic rings. The Morgan fingerprint density at radius 2 is 2.22 bits per heavy atom. The highest BCUT2D eigenvalue weighted by Gasteiger charge is 2.00. The van der Waals surface area contributed by atoms with Crippen molar-refractivity contribution >= 4 is 49.9 Å². The van der Waals surface area contributed by atoms with Gasteiger partial charge in [0.1, 0.15) is 0 Å². The third-order valence-electron chi connectivity index (χ3n) is 0.248. The molecule has 1 aliphatic heterocycles. The van der Waals surface area contributed by atoms with Gasteiger partial charge in [0.15, 0.2) is 0 Å². The van der Waals surface area contributed by atoms with Crippen molar-refractivity contribution < 1.29 is 3.87 Å².